The zero-order chi connectivity index (χ0) is 15.5. The summed E-state index contributed by atoms with van der Waals surface area (Å²) in [5.41, 5.74) is 7.36. The summed E-state index contributed by atoms with van der Waals surface area (Å²) in [6.45, 7) is 6.37. The van der Waals surface area contributed by atoms with Crippen LogP contribution in [0.5, 0.6) is 0 Å². The summed E-state index contributed by atoms with van der Waals surface area (Å²) < 4.78 is 0. The third-order valence-corrected chi connectivity index (χ3v) is 3.84. The van der Waals surface area contributed by atoms with Gasteiger partial charge in [-0.3, -0.25) is 0 Å². The third kappa shape index (κ3) is 3.04. The van der Waals surface area contributed by atoms with Gasteiger partial charge < -0.3 is 4.90 Å². The maximum Gasteiger partial charge on any atom is 0.0464 e. The molecule has 0 unspecified atom stereocenters. The monoisotopic (exact) mass is 287 g/mol. The van der Waals surface area contributed by atoms with Crippen LogP contribution in [0.4, 0.5) is 17.1 Å². The summed E-state index contributed by atoms with van der Waals surface area (Å²) in [7, 11) is 0. The average molecular weight is 287 g/mol. The minimum Gasteiger partial charge on any atom is -0.310 e. The second-order valence-electron chi connectivity index (χ2n) is 5.85. The Labute approximate surface area is 132 Å². The van der Waals surface area contributed by atoms with Crippen LogP contribution >= 0.6 is 0 Å². The largest absolute Gasteiger partial charge is 0.310 e. The van der Waals surface area contributed by atoms with Crippen molar-refractivity contribution in [2.75, 3.05) is 4.90 Å². The first-order valence-corrected chi connectivity index (χ1v) is 7.63. The molecule has 1 nitrogen and oxygen atoms in total. The van der Waals surface area contributed by atoms with Crippen molar-refractivity contribution in [3.8, 4) is 0 Å². The second-order valence-corrected chi connectivity index (χ2v) is 5.85. The molecule has 3 aromatic rings. The van der Waals surface area contributed by atoms with Gasteiger partial charge in [0.15, 0.2) is 0 Å². The number of aryl methyl sites for hydroxylation is 3. The predicted octanol–water partition coefficient (Wildman–Crippen LogP) is 6.08. The van der Waals surface area contributed by atoms with Gasteiger partial charge in [-0.15, -0.1) is 0 Å². The van der Waals surface area contributed by atoms with E-state index in [0.717, 1.165) is 0 Å². The van der Waals surface area contributed by atoms with Crippen molar-refractivity contribution in [2.45, 2.75) is 20.8 Å². The highest BCUT2D eigenvalue weighted by molar-refractivity contribution is 5.76. The molecule has 0 amide bonds. The third-order valence-electron chi connectivity index (χ3n) is 3.84. The summed E-state index contributed by atoms with van der Waals surface area (Å²) in [5, 5.41) is 0. The molecule has 0 aliphatic carbocycles. The highest BCUT2D eigenvalue weighted by Crippen LogP contribution is 2.34. The van der Waals surface area contributed by atoms with Gasteiger partial charge in [-0.2, -0.15) is 0 Å². The number of hydrogen-bond acceptors (Lipinski definition) is 1. The minimum absolute atomic E-state index is 1.18. The Morgan fingerprint density at radius 1 is 0.500 bits per heavy atom. The maximum absolute atomic E-state index is 2.30. The van der Waals surface area contributed by atoms with E-state index in [4.69, 9.17) is 0 Å². The topological polar surface area (TPSA) is 3.24 Å². The van der Waals surface area contributed by atoms with Crippen molar-refractivity contribution in [1.82, 2.24) is 0 Å². The molecule has 3 rings (SSSR count). The average Bonchev–Trinajstić information content (AvgIpc) is 2.51. The lowest BCUT2D eigenvalue weighted by atomic mass is 10.1. The van der Waals surface area contributed by atoms with Crippen molar-refractivity contribution >= 4 is 17.1 Å². The summed E-state index contributed by atoms with van der Waals surface area (Å²) in [6.07, 6.45) is 0. The molecule has 0 N–H and O–H groups in total. The fourth-order valence-electron chi connectivity index (χ4n) is 2.60. The van der Waals surface area contributed by atoms with E-state index in [1.165, 1.54) is 33.8 Å². The van der Waals surface area contributed by atoms with Crippen molar-refractivity contribution in [1.29, 1.82) is 0 Å². The molecule has 22 heavy (non-hydrogen) atoms. The van der Waals surface area contributed by atoms with E-state index >= 15 is 0 Å². The van der Waals surface area contributed by atoms with Crippen LogP contribution < -0.4 is 4.90 Å². The van der Waals surface area contributed by atoms with Crippen LogP contribution in [0.25, 0.3) is 0 Å². The summed E-state index contributed by atoms with van der Waals surface area (Å²) in [6, 6.07) is 26.0. The number of hydrogen-bond donors (Lipinski definition) is 0. The standard InChI is InChI=1S/C21H21N/c1-16-7-11-19(12-8-16)22(20-13-9-17(2)10-14-20)21-6-4-5-18(3)15-21/h4-15H,1-3H3. The van der Waals surface area contributed by atoms with E-state index in [1.54, 1.807) is 0 Å². The van der Waals surface area contributed by atoms with Gasteiger partial charge >= 0.3 is 0 Å². The van der Waals surface area contributed by atoms with Crippen molar-refractivity contribution < 1.29 is 0 Å². The fourth-order valence-corrected chi connectivity index (χ4v) is 2.60. The molecule has 0 aliphatic heterocycles. The lowest BCUT2D eigenvalue weighted by Crippen LogP contribution is -2.10. The molecule has 0 aromatic heterocycles. The molecule has 0 saturated heterocycles. The van der Waals surface area contributed by atoms with Crippen LogP contribution in [-0.2, 0) is 0 Å². The van der Waals surface area contributed by atoms with E-state index in [-0.39, 0.29) is 0 Å². The second kappa shape index (κ2) is 6.07. The molecule has 3 aromatic carbocycles. The summed E-state index contributed by atoms with van der Waals surface area (Å²) >= 11 is 0. The minimum atomic E-state index is 1.18. The number of rotatable bonds is 3. The highest BCUT2D eigenvalue weighted by atomic mass is 15.1. The first kappa shape index (κ1) is 14.4. The fraction of sp³-hybridized carbons (Fsp3) is 0.143. The lowest BCUT2D eigenvalue weighted by molar-refractivity contribution is 1.26. The smallest absolute Gasteiger partial charge is 0.0464 e. The Morgan fingerprint density at radius 2 is 1.00 bits per heavy atom. The SMILES string of the molecule is Cc1ccc(N(c2ccc(C)cc2)c2cccc(C)c2)cc1. The highest BCUT2D eigenvalue weighted by Gasteiger charge is 2.11. The van der Waals surface area contributed by atoms with Crippen LogP contribution in [0, 0.1) is 20.8 Å². The van der Waals surface area contributed by atoms with E-state index in [0.29, 0.717) is 0 Å². The summed E-state index contributed by atoms with van der Waals surface area (Å²) in [5.74, 6) is 0. The molecule has 0 fully saturated rings. The maximum atomic E-state index is 2.30. The first-order chi connectivity index (χ1) is 10.6. The Hall–Kier alpha value is -2.54. The van der Waals surface area contributed by atoms with Gasteiger partial charge in [-0.25, -0.2) is 0 Å². The molecule has 110 valence electrons. The Morgan fingerprint density at radius 3 is 1.45 bits per heavy atom. The van der Waals surface area contributed by atoms with Gasteiger partial charge in [0, 0.05) is 17.1 Å². The molecule has 0 radical (unpaired) electrons. The summed E-state index contributed by atoms with van der Waals surface area (Å²) in [4.78, 5) is 2.30. The Kier molecular flexibility index (Phi) is 3.97. The normalized spacial score (nSPS) is 10.5. The molecule has 0 spiro atoms. The Bertz CT molecular complexity index is 709. The van der Waals surface area contributed by atoms with Gasteiger partial charge in [0.05, 0.1) is 0 Å². The van der Waals surface area contributed by atoms with Crippen molar-refractivity contribution in [3.63, 3.8) is 0 Å². The van der Waals surface area contributed by atoms with Gasteiger partial charge in [-0.05, 0) is 62.7 Å². The van der Waals surface area contributed by atoms with Crippen LogP contribution in [0.3, 0.4) is 0 Å². The molecule has 0 saturated carbocycles. The van der Waals surface area contributed by atoms with Crippen molar-refractivity contribution in [2.24, 2.45) is 0 Å². The lowest BCUT2D eigenvalue weighted by Gasteiger charge is -2.26. The van der Waals surface area contributed by atoms with Gasteiger partial charge in [0.1, 0.15) is 0 Å². The zero-order valence-corrected chi connectivity index (χ0v) is 13.4. The number of benzene rings is 3. The first-order valence-electron chi connectivity index (χ1n) is 7.63. The molecule has 0 atom stereocenters. The van der Waals surface area contributed by atoms with E-state index in [1.807, 2.05) is 0 Å². The molecular formula is C21H21N. The van der Waals surface area contributed by atoms with Gasteiger partial charge in [0.2, 0.25) is 0 Å². The van der Waals surface area contributed by atoms with Crippen LogP contribution in [0.2, 0.25) is 0 Å². The molecule has 0 aliphatic rings. The molecule has 0 bridgehead atoms. The quantitative estimate of drug-likeness (QED) is 0.564. The zero-order valence-electron chi connectivity index (χ0n) is 13.4. The molecular weight excluding hydrogens is 266 g/mol. The van der Waals surface area contributed by atoms with E-state index < -0.39 is 0 Å². The van der Waals surface area contributed by atoms with Crippen molar-refractivity contribution in [3.05, 3.63) is 89.5 Å². The van der Waals surface area contributed by atoms with Gasteiger partial charge in [-0.1, -0.05) is 47.5 Å². The number of anilines is 3. The predicted molar refractivity (Wildman–Crippen MR) is 95.3 cm³/mol. The molecule has 0 heterocycles. The Balaban J connectivity index is 2.13. The molecule has 1 heteroatoms. The number of nitrogens with zero attached hydrogens (tertiary/aromatic N) is 1. The van der Waals surface area contributed by atoms with E-state index in [2.05, 4.69) is 98.5 Å². The van der Waals surface area contributed by atoms with E-state index in [9.17, 15) is 0 Å². The van der Waals surface area contributed by atoms with Gasteiger partial charge in [0.25, 0.3) is 0 Å². The van der Waals surface area contributed by atoms with Crippen LogP contribution in [0.15, 0.2) is 72.8 Å². The van der Waals surface area contributed by atoms with Crippen LogP contribution in [0.1, 0.15) is 16.7 Å². The van der Waals surface area contributed by atoms with Crippen LogP contribution in [-0.4, -0.2) is 0 Å².